The van der Waals surface area contributed by atoms with Gasteiger partial charge in [-0.1, -0.05) is 13.3 Å². The van der Waals surface area contributed by atoms with Gasteiger partial charge in [0.2, 0.25) is 11.8 Å². The van der Waals surface area contributed by atoms with E-state index in [2.05, 4.69) is 16.0 Å². The van der Waals surface area contributed by atoms with Crippen LogP contribution in [-0.2, 0) is 24.0 Å². The molecule has 0 radical (unpaired) electrons. The summed E-state index contributed by atoms with van der Waals surface area (Å²) < 4.78 is 0. The fourth-order valence-electron chi connectivity index (χ4n) is 2.72. The molecule has 3 unspecified atom stereocenters. The van der Waals surface area contributed by atoms with E-state index < -0.39 is 29.9 Å². The van der Waals surface area contributed by atoms with Crippen molar-refractivity contribution in [2.75, 3.05) is 7.05 Å². The van der Waals surface area contributed by atoms with Crippen molar-refractivity contribution < 1.29 is 24.0 Å². The lowest BCUT2D eigenvalue weighted by molar-refractivity contribution is -0.132. The average molecular weight is 391 g/mol. The van der Waals surface area contributed by atoms with Crippen LogP contribution in [0.25, 0.3) is 0 Å². The Morgan fingerprint density at radius 1 is 0.893 bits per heavy atom. The van der Waals surface area contributed by atoms with Gasteiger partial charge in [0.25, 0.3) is 0 Å². The number of carbonyl (C=O) groups excluding carboxylic acids is 5. The number of hydrogen-bond donors (Lipinski definition) is 3. The molecule has 0 bridgehead atoms. The third kappa shape index (κ3) is 10.4. The molecule has 0 rings (SSSR count). The molecule has 0 heterocycles. The summed E-state index contributed by atoms with van der Waals surface area (Å²) in [5.41, 5.74) is -0.0368. The quantitative estimate of drug-likeness (QED) is 0.259. The van der Waals surface area contributed by atoms with Gasteiger partial charge >= 0.3 is 0 Å². The van der Waals surface area contributed by atoms with Gasteiger partial charge in [0.1, 0.15) is 6.04 Å². The van der Waals surface area contributed by atoms with E-state index in [4.69, 9.17) is 0 Å². The van der Waals surface area contributed by atoms with Crippen LogP contribution < -0.4 is 16.0 Å². The van der Waals surface area contributed by atoms with E-state index in [0.717, 1.165) is 6.42 Å². The maximum Gasteiger partial charge on any atom is 0.243 e. The standard InChI is InChI=1S/C17H32B3N3O5/c1-4-5-11(10(2)24)22-17(28)13(7-9-15(26)20-19)23-16(27)12(21-3)6-8-14(18)25/h11-13,20-21H,4-9,18-19H2,1-3H3,(H,22,28)(H,23,27). The third-order valence-electron chi connectivity index (χ3n) is 4.57. The second kappa shape index (κ2) is 14.2. The minimum absolute atomic E-state index is 0.00882. The van der Waals surface area contributed by atoms with Gasteiger partial charge in [0.05, 0.1) is 31.2 Å². The van der Waals surface area contributed by atoms with E-state index in [0.29, 0.717) is 20.0 Å². The van der Waals surface area contributed by atoms with Gasteiger partial charge < -0.3 is 25.5 Å². The SMILES string of the molecule is BBC(=O)CCC(NC(=O)C(CCC(B)=O)NC)C(=O)NC(CCC)C(C)=O. The number of Topliss-reactive ketones (excluding diaryl/α,β-unsaturated/α-hetero) is 1. The smallest absolute Gasteiger partial charge is 0.243 e. The van der Waals surface area contributed by atoms with Gasteiger partial charge in [-0.2, -0.15) is 0 Å². The summed E-state index contributed by atoms with van der Waals surface area (Å²) in [5.74, 6) is -1.05. The summed E-state index contributed by atoms with van der Waals surface area (Å²) in [7, 11) is 5.15. The minimum Gasteiger partial charge on any atom is -0.345 e. The molecule has 28 heavy (non-hydrogen) atoms. The molecule has 154 valence electrons. The van der Waals surface area contributed by atoms with Crippen LogP contribution in [0.1, 0.15) is 52.4 Å². The zero-order chi connectivity index (χ0) is 21.7. The first-order valence-electron chi connectivity index (χ1n) is 9.95. The number of amides is 2. The van der Waals surface area contributed by atoms with Crippen molar-refractivity contribution in [2.24, 2.45) is 0 Å². The molecule has 0 aromatic carbocycles. The van der Waals surface area contributed by atoms with E-state index in [9.17, 15) is 24.0 Å². The van der Waals surface area contributed by atoms with Gasteiger partial charge in [0.15, 0.2) is 20.8 Å². The molecule has 0 saturated carbocycles. The average Bonchev–Trinajstić information content (AvgIpc) is 2.64. The zero-order valence-electron chi connectivity index (χ0n) is 17.7. The van der Waals surface area contributed by atoms with Crippen LogP contribution in [0.2, 0.25) is 0 Å². The van der Waals surface area contributed by atoms with E-state index in [-0.39, 0.29) is 36.4 Å². The van der Waals surface area contributed by atoms with Crippen LogP contribution in [0.3, 0.4) is 0 Å². The van der Waals surface area contributed by atoms with Crippen LogP contribution in [0, 0.1) is 0 Å². The molecular formula is C17H32B3N3O5. The van der Waals surface area contributed by atoms with Crippen molar-refractivity contribution >= 4 is 51.7 Å². The lowest BCUT2D eigenvalue weighted by atomic mass is 9.52. The molecule has 0 saturated heterocycles. The Hall–Kier alpha value is -1.90. The minimum atomic E-state index is -0.921. The number of hydrogen-bond acceptors (Lipinski definition) is 6. The molecule has 11 heteroatoms. The summed E-state index contributed by atoms with van der Waals surface area (Å²) in [6, 6.07) is -2.16. The molecule has 8 nitrogen and oxygen atoms in total. The van der Waals surface area contributed by atoms with Crippen molar-refractivity contribution in [1.82, 2.24) is 16.0 Å². The molecule has 0 aliphatic rings. The van der Waals surface area contributed by atoms with Crippen LogP contribution in [0.5, 0.6) is 0 Å². The highest BCUT2D eigenvalue weighted by atomic mass is 16.2. The number of carbonyl (C=O) groups is 5. The number of likely N-dealkylation sites (N-methyl/N-ethyl adjacent to an activating group) is 1. The Bertz CT molecular complexity index is 574. The van der Waals surface area contributed by atoms with Crippen molar-refractivity contribution in [3.05, 3.63) is 0 Å². The topological polar surface area (TPSA) is 121 Å². The number of rotatable bonds is 15. The summed E-state index contributed by atoms with van der Waals surface area (Å²) in [6.07, 6.45) is 2.10. The highest BCUT2D eigenvalue weighted by Gasteiger charge is 2.27. The molecule has 0 fully saturated rings. The maximum absolute atomic E-state index is 12.7. The van der Waals surface area contributed by atoms with E-state index in [1.54, 1.807) is 14.8 Å². The van der Waals surface area contributed by atoms with Crippen molar-refractivity contribution in [2.45, 2.75) is 70.5 Å². The second-order valence-electron chi connectivity index (χ2n) is 7.03. The van der Waals surface area contributed by atoms with Crippen molar-refractivity contribution in [3.8, 4) is 0 Å². The highest BCUT2D eigenvalue weighted by Crippen LogP contribution is 2.05. The van der Waals surface area contributed by atoms with Crippen LogP contribution >= 0.6 is 0 Å². The van der Waals surface area contributed by atoms with E-state index in [1.807, 2.05) is 6.92 Å². The van der Waals surface area contributed by atoms with Crippen molar-refractivity contribution in [1.29, 1.82) is 0 Å². The number of ketones is 1. The molecule has 0 aliphatic carbocycles. The predicted octanol–water partition coefficient (Wildman–Crippen LogP) is -2.84. The Kier molecular flexibility index (Phi) is 13.2. The predicted molar refractivity (Wildman–Crippen MR) is 115 cm³/mol. The molecule has 0 spiro atoms. The molecular weight excluding hydrogens is 359 g/mol. The first-order valence-corrected chi connectivity index (χ1v) is 9.95. The molecule has 3 N–H and O–H groups in total. The van der Waals surface area contributed by atoms with Gasteiger partial charge in [-0.3, -0.25) is 14.4 Å². The van der Waals surface area contributed by atoms with E-state index in [1.165, 1.54) is 14.8 Å². The molecule has 0 aromatic rings. The fraction of sp³-hybridized carbons (Fsp3) is 0.706. The molecule has 3 atom stereocenters. The Morgan fingerprint density at radius 2 is 1.43 bits per heavy atom. The van der Waals surface area contributed by atoms with Crippen LogP contribution in [0.15, 0.2) is 0 Å². The third-order valence-corrected chi connectivity index (χ3v) is 4.57. The summed E-state index contributed by atoms with van der Waals surface area (Å²) in [6.45, 7) is 3.32. The first-order chi connectivity index (χ1) is 13.2. The van der Waals surface area contributed by atoms with Crippen molar-refractivity contribution in [3.63, 3.8) is 0 Å². The maximum atomic E-state index is 12.7. The first kappa shape index (κ1) is 26.1. The fourth-order valence-corrected chi connectivity index (χ4v) is 2.72. The molecule has 2 amide bonds. The Labute approximate surface area is 169 Å². The Morgan fingerprint density at radius 3 is 1.89 bits per heavy atom. The number of nitrogens with one attached hydrogen (secondary N) is 3. The summed E-state index contributed by atoms with van der Waals surface area (Å²) in [5, 5.41) is 8.19. The largest absolute Gasteiger partial charge is 0.345 e. The van der Waals surface area contributed by atoms with Crippen LogP contribution in [-0.4, -0.2) is 76.9 Å². The molecule has 0 aliphatic heterocycles. The van der Waals surface area contributed by atoms with Gasteiger partial charge in [0, 0.05) is 0 Å². The van der Waals surface area contributed by atoms with Gasteiger partial charge in [-0.15, -0.1) is 0 Å². The van der Waals surface area contributed by atoms with Gasteiger partial charge in [-0.25, -0.2) is 0 Å². The van der Waals surface area contributed by atoms with E-state index >= 15 is 0 Å². The molecule has 0 aromatic heterocycles. The zero-order valence-corrected chi connectivity index (χ0v) is 17.7. The highest BCUT2D eigenvalue weighted by molar-refractivity contribution is 7.08. The normalized spacial score (nSPS) is 13.7. The van der Waals surface area contributed by atoms with Crippen LogP contribution in [0.4, 0.5) is 0 Å². The lowest BCUT2D eigenvalue weighted by Crippen LogP contribution is -2.54. The Balaban J connectivity index is 5.18. The van der Waals surface area contributed by atoms with Gasteiger partial charge in [-0.05, 0) is 46.1 Å². The lowest BCUT2D eigenvalue weighted by Gasteiger charge is -2.24. The second-order valence-corrected chi connectivity index (χ2v) is 7.03. The summed E-state index contributed by atoms with van der Waals surface area (Å²) in [4.78, 5) is 59.8. The monoisotopic (exact) mass is 391 g/mol. The summed E-state index contributed by atoms with van der Waals surface area (Å²) >= 11 is 0.